The summed E-state index contributed by atoms with van der Waals surface area (Å²) in [4.78, 5) is 1.37. The van der Waals surface area contributed by atoms with Gasteiger partial charge in [-0.25, -0.2) is 0 Å². The van der Waals surface area contributed by atoms with Crippen molar-refractivity contribution >= 4 is 11.8 Å². The third-order valence-electron chi connectivity index (χ3n) is 3.34. The first-order chi connectivity index (χ1) is 9.31. The first kappa shape index (κ1) is 16.3. The Morgan fingerprint density at radius 3 is 2.53 bits per heavy atom. The minimum absolute atomic E-state index is 0.490. The Hall–Kier alpha value is -0.730. The normalized spacial score (nSPS) is 12.3. The van der Waals surface area contributed by atoms with E-state index in [1.807, 2.05) is 17.8 Å². The molecule has 0 radical (unpaired) electrons. The minimum atomic E-state index is 0.490. The molecular weight excluding hydrogens is 250 g/mol. The number of nitrogens with one attached hydrogen (secondary N) is 1. The fourth-order valence-electron chi connectivity index (χ4n) is 2.25. The van der Waals surface area contributed by atoms with Gasteiger partial charge in [0.25, 0.3) is 0 Å². The van der Waals surface area contributed by atoms with Crippen LogP contribution in [-0.2, 0) is 0 Å². The molecule has 0 aromatic heterocycles. The van der Waals surface area contributed by atoms with Gasteiger partial charge in [-0.2, -0.15) is 0 Å². The van der Waals surface area contributed by atoms with Crippen LogP contribution >= 0.6 is 11.8 Å². The molecule has 0 spiro atoms. The summed E-state index contributed by atoms with van der Waals surface area (Å²) < 4.78 is 0. The molecule has 1 aromatic rings. The van der Waals surface area contributed by atoms with Crippen LogP contribution in [-0.4, -0.2) is 12.8 Å². The molecule has 0 amide bonds. The van der Waals surface area contributed by atoms with Gasteiger partial charge in [0.1, 0.15) is 0 Å². The van der Waals surface area contributed by atoms with Gasteiger partial charge in [-0.1, -0.05) is 38.0 Å². The highest BCUT2D eigenvalue weighted by Gasteiger charge is 2.08. The number of unbranched alkanes of at least 4 members (excludes halogenated alkanes) is 3. The average Bonchev–Trinajstić information content (AvgIpc) is 2.44. The molecule has 2 heteroatoms. The van der Waals surface area contributed by atoms with Crippen LogP contribution in [0.5, 0.6) is 0 Å². The van der Waals surface area contributed by atoms with Gasteiger partial charge in [0, 0.05) is 10.9 Å². The van der Waals surface area contributed by atoms with Crippen LogP contribution < -0.4 is 5.32 Å². The summed E-state index contributed by atoms with van der Waals surface area (Å²) in [7, 11) is 2.06. The third kappa shape index (κ3) is 6.31. The van der Waals surface area contributed by atoms with Crippen LogP contribution in [0.1, 0.15) is 50.6 Å². The quantitative estimate of drug-likeness (QED) is 0.358. The standard InChI is InChI=1S/C17H27NS/c1-4-6-7-8-9-10-17(18-3)15-11-13-16(14-12-15)19-5-2/h4,11-14,17-18H,1,5-10H2,2-3H3. The summed E-state index contributed by atoms with van der Waals surface area (Å²) >= 11 is 1.90. The third-order valence-corrected chi connectivity index (χ3v) is 4.24. The van der Waals surface area contributed by atoms with E-state index in [2.05, 4.69) is 50.1 Å². The van der Waals surface area contributed by atoms with Crippen molar-refractivity contribution in [2.24, 2.45) is 0 Å². The molecule has 0 saturated carbocycles. The molecule has 1 atom stereocenters. The average molecular weight is 277 g/mol. The zero-order valence-corrected chi connectivity index (χ0v) is 13.1. The van der Waals surface area contributed by atoms with Gasteiger partial charge in [-0.3, -0.25) is 0 Å². The molecule has 1 nitrogen and oxygen atoms in total. The van der Waals surface area contributed by atoms with E-state index in [-0.39, 0.29) is 0 Å². The molecule has 0 heterocycles. The van der Waals surface area contributed by atoms with Crippen molar-refractivity contribution in [3.05, 3.63) is 42.5 Å². The first-order valence-corrected chi connectivity index (χ1v) is 8.31. The summed E-state index contributed by atoms with van der Waals surface area (Å²) in [6.45, 7) is 5.96. The monoisotopic (exact) mass is 277 g/mol. The van der Waals surface area contributed by atoms with E-state index in [1.54, 1.807) is 0 Å². The number of allylic oxidation sites excluding steroid dienone is 1. The topological polar surface area (TPSA) is 12.0 Å². The summed E-state index contributed by atoms with van der Waals surface area (Å²) in [6, 6.07) is 9.51. The summed E-state index contributed by atoms with van der Waals surface area (Å²) in [6.07, 6.45) is 8.23. The molecule has 19 heavy (non-hydrogen) atoms. The van der Waals surface area contributed by atoms with Crippen LogP contribution in [0, 0.1) is 0 Å². The van der Waals surface area contributed by atoms with Gasteiger partial charge in [0.05, 0.1) is 0 Å². The Bertz CT molecular complexity index is 345. The largest absolute Gasteiger partial charge is 0.313 e. The van der Waals surface area contributed by atoms with E-state index in [1.165, 1.54) is 36.1 Å². The van der Waals surface area contributed by atoms with Crippen molar-refractivity contribution in [2.75, 3.05) is 12.8 Å². The minimum Gasteiger partial charge on any atom is -0.313 e. The Kier molecular flexibility index (Phi) is 8.68. The zero-order valence-electron chi connectivity index (χ0n) is 12.3. The molecule has 0 aliphatic heterocycles. The maximum absolute atomic E-state index is 3.77. The van der Waals surface area contributed by atoms with Crippen molar-refractivity contribution < 1.29 is 0 Å². The predicted molar refractivity (Wildman–Crippen MR) is 87.9 cm³/mol. The number of benzene rings is 1. The molecule has 0 aliphatic rings. The fourth-order valence-corrected chi connectivity index (χ4v) is 2.92. The molecule has 0 aliphatic carbocycles. The molecule has 106 valence electrons. The second-order valence-corrected chi connectivity index (χ2v) is 6.11. The fraction of sp³-hybridized carbons (Fsp3) is 0.529. The Balaban J connectivity index is 2.42. The molecule has 0 fully saturated rings. The highest BCUT2D eigenvalue weighted by Crippen LogP contribution is 2.23. The summed E-state index contributed by atoms with van der Waals surface area (Å²) in [5.74, 6) is 1.14. The second kappa shape index (κ2) is 10.1. The van der Waals surface area contributed by atoms with Crippen LogP contribution in [0.15, 0.2) is 41.8 Å². The van der Waals surface area contributed by atoms with E-state index >= 15 is 0 Å². The molecule has 1 unspecified atom stereocenters. The molecule has 0 saturated heterocycles. The first-order valence-electron chi connectivity index (χ1n) is 7.32. The molecule has 1 aromatic carbocycles. The van der Waals surface area contributed by atoms with Crippen LogP contribution in [0.2, 0.25) is 0 Å². The lowest BCUT2D eigenvalue weighted by atomic mass is 10.0. The number of hydrogen-bond donors (Lipinski definition) is 1. The maximum atomic E-state index is 3.77. The van der Waals surface area contributed by atoms with Crippen LogP contribution in [0.4, 0.5) is 0 Å². The van der Waals surface area contributed by atoms with Crippen molar-refractivity contribution in [2.45, 2.75) is 50.0 Å². The highest BCUT2D eigenvalue weighted by atomic mass is 32.2. The van der Waals surface area contributed by atoms with Gasteiger partial charge in [-0.05, 0) is 49.8 Å². The lowest BCUT2D eigenvalue weighted by molar-refractivity contribution is 0.507. The number of thioether (sulfide) groups is 1. The Morgan fingerprint density at radius 1 is 1.21 bits per heavy atom. The highest BCUT2D eigenvalue weighted by molar-refractivity contribution is 7.99. The van der Waals surface area contributed by atoms with Gasteiger partial charge < -0.3 is 5.32 Å². The van der Waals surface area contributed by atoms with E-state index in [0.717, 1.165) is 12.2 Å². The van der Waals surface area contributed by atoms with Crippen LogP contribution in [0.25, 0.3) is 0 Å². The van der Waals surface area contributed by atoms with Gasteiger partial charge in [0.15, 0.2) is 0 Å². The van der Waals surface area contributed by atoms with Crippen molar-refractivity contribution in [3.63, 3.8) is 0 Å². The maximum Gasteiger partial charge on any atom is 0.0317 e. The SMILES string of the molecule is C=CCCCCCC(NC)c1ccc(SCC)cc1. The van der Waals surface area contributed by atoms with Crippen LogP contribution in [0.3, 0.4) is 0 Å². The van der Waals surface area contributed by atoms with E-state index in [0.29, 0.717) is 6.04 Å². The predicted octanol–water partition coefficient (Wildman–Crippen LogP) is 5.20. The van der Waals surface area contributed by atoms with E-state index in [9.17, 15) is 0 Å². The van der Waals surface area contributed by atoms with Gasteiger partial charge >= 0.3 is 0 Å². The smallest absolute Gasteiger partial charge is 0.0317 e. The summed E-state index contributed by atoms with van der Waals surface area (Å²) in [5, 5.41) is 3.43. The Morgan fingerprint density at radius 2 is 1.95 bits per heavy atom. The van der Waals surface area contributed by atoms with Gasteiger partial charge in [-0.15, -0.1) is 18.3 Å². The number of rotatable bonds is 10. The second-order valence-electron chi connectivity index (χ2n) is 4.77. The Labute approximate surface area is 122 Å². The number of hydrogen-bond acceptors (Lipinski definition) is 2. The van der Waals surface area contributed by atoms with E-state index < -0.39 is 0 Å². The van der Waals surface area contributed by atoms with Crippen molar-refractivity contribution in [3.8, 4) is 0 Å². The summed E-state index contributed by atoms with van der Waals surface area (Å²) in [5.41, 5.74) is 1.41. The molecular formula is C17H27NS. The lowest BCUT2D eigenvalue weighted by Crippen LogP contribution is -2.16. The van der Waals surface area contributed by atoms with Gasteiger partial charge in [0.2, 0.25) is 0 Å². The lowest BCUT2D eigenvalue weighted by Gasteiger charge is -2.17. The zero-order chi connectivity index (χ0) is 13.9. The van der Waals surface area contributed by atoms with Crippen molar-refractivity contribution in [1.29, 1.82) is 0 Å². The molecule has 0 bridgehead atoms. The molecule has 1 rings (SSSR count). The van der Waals surface area contributed by atoms with E-state index in [4.69, 9.17) is 0 Å². The van der Waals surface area contributed by atoms with Crippen molar-refractivity contribution in [1.82, 2.24) is 5.32 Å². The molecule has 1 N–H and O–H groups in total.